The molecule has 0 saturated heterocycles. The Morgan fingerprint density at radius 2 is 1.61 bits per heavy atom. The highest BCUT2D eigenvalue weighted by Crippen LogP contribution is 2.23. The second kappa shape index (κ2) is 6.79. The molecular formula is C16H28N2. The van der Waals surface area contributed by atoms with Crippen LogP contribution in [0.1, 0.15) is 38.8 Å². The molecule has 0 saturated carbocycles. The van der Waals surface area contributed by atoms with E-state index in [-0.39, 0.29) is 0 Å². The summed E-state index contributed by atoms with van der Waals surface area (Å²) in [4.78, 5) is 2.50. The van der Waals surface area contributed by atoms with Crippen molar-refractivity contribution < 1.29 is 0 Å². The lowest BCUT2D eigenvalue weighted by atomic mass is 10.1. The average Bonchev–Trinajstić information content (AvgIpc) is 2.26. The zero-order valence-electron chi connectivity index (χ0n) is 12.5. The SMILES string of the molecule is Cc1cc(CN)ccc1N(CC(C)C)CC(C)C. The highest BCUT2D eigenvalue weighted by Gasteiger charge is 2.12. The van der Waals surface area contributed by atoms with E-state index in [0.717, 1.165) is 13.1 Å². The summed E-state index contributed by atoms with van der Waals surface area (Å²) in [5.74, 6) is 1.36. The van der Waals surface area contributed by atoms with Gasteiger partial charge < -0.3 is 10.6 Å². The molecule has 0 atom stereocenters. The second-order valence-electron chi connectivity index (χ2n) is 6.02. The molecule has 2 N–H and O–H groups in total. The van der Waals surface area contributed by atoms with Gasteiger partial charge in [-0.05, 0) is 36.0 Å². The van der Waals surface area contributed by atoms with E-state index in [1.54, 1.807) is 0 Å². The summed E-state index contributed by atoms with van der Waals surface area (Å²) in [7, 11) is 0. The molecule has 102 valence electrons. The van der Waals surface area contributed by atoms with Crippen LogP contribution in [0.25, 0.3) is 0 Å². The van der Waals surface area contributed by atoms with Crippen LogP contribution >= 0.6 is 0 Å². The van der Waals surface area contributed by atoms with Gasteiger partial charge in [0.2, 0.25) is 0 Å². The minimum Gasteiger partial charge on any atom is -0.371 e. The van der Waals surface area contributed by atoms with E-state index < -0.39 is 0 Å². The first-order valence-corrected chi connectivity index (χ1v) is 6.98. The molecule has 0 unspecified atom stereocenters. The van der Waals surface area contributed by atoms with Crippen LogP contribution < -0.4 is 10.6 Å². The number of hydrogen-bond acceptors (Lipinski definition) is 2. The molecule has 0 aliphatic carbocycles. The Morgan fingerprint density at radius 3 is 2.00 bits per heavy atom. The quantitative estimate of drug-likeness (QED) is 0.834. The van der Waals surface area contributed by atoms with E-state index >= 15 is 0 Å². The van der Waals surface area contributed by atoms with Gasteiger partial charge in [0.15, 0.2) is 0 Å². The summed E-state index contributed by atoms with van der Waals surface area (Å²) >= 11 is 0. The number of aryl methyl sites for hydroxylation is 1. The molecule has 0 aliphatic rings. The standard InChI is InChI=1S/C16H28N2/c1-12(2)10-18(11-13(3)4)16-7-6-15(9-17)8-14(16)5/h6-8,12-13H,9-11,17H2,1-5H3. The van der Waals surface area contributed by atoms with E-state index in [2.05, 4.69) is 57.7 Å². The van der Waals surface area contributed by atoms with Crippen molar-refractivity contribution in [2.75, 3.05) is 18.0 Å². The molecule has 18 heavy (non-hydrogen) atoms. The lowest BCUT2D eigenvalue weighted by molar-refractivity contribution is 0.552. The maximum Gasteiger partial charge on any atom is 0.0396 e. The zero-order valence-corrected chi connectivity index (χ0v) is 12.5. The van der Waals surface area contributed by atoms with Crippen LogP contribution in [-0.2, 0) is 6.54 Å². The van der Waals surface area contributed by atoms with Crippen LogP contribution in [0.5, 0.6) is 0 Å². The maximum absolute atomic E-state index is 5.69. The summed E-state index contributed by atoms with van der Waals surface area (Å²) < 4.78 is 0. The van der Waals surface area contributed by atoms with Crippen molar-refractivity contribution >= 4 is 5.69 Å². The van der Waals surface area contributed by atoms with Crippen LogP contribution in [0.3, 0.4) is 0 Å². The number of nitrogens with zero attached hydrogens (tertiary/aromatic N) is 1. The Kier molecular flexibility index (Phi) is 5.67. The van der Waals surface area contributed by atoms with Gasteiger partial charge in [0, 0.05) is 25.3 Å². The van der Waals surface area contributed by atoms with Gasteiger partial charge in [-0.1, -0.05) is 39.8 Å². The molecule has 1 rings (SSSR count). The first-order chi connectivity index (χ1) is 8.43. The van der Waals surface area contributed by atoms with Crippen LogP contribution in [0, 0.1) is 18.8 Å². The monoisotopic (exact) mass is 248 g/mol. The molecule has 0 aliphatic heterocycles. The first kappa shape index (κ1) is 15.0. The van der Waals surface area contributed by atoms with Crippen LogP contribution in [-0.4, -0.2) is 13.1 Å². The van der Waals surface area contributed by atoms with Crippen molar-refractivity contribution in [2.24, 2.45) is 17.6 Å². The van der Waals surface area contributed by atoms with Crippen molar-refractivity contribution in [1.82, 2.24) is 0 Å². The summed E-state index contributed by atoms with van der Waals surface area (Å²) in [5, 5.41) is 0. The van der Waals surface area contributed by atoms with Gasteiger partial charge in [0.05, 0.1) is 0 Å². The lowest BCUT2D eigenvalue weighted by Gasteiger charge is -2.30. The molecule has 0 bridgehead atoms. The Balaban J connectivity index is 2.96. The van der Waals surface area contributed by atoms with Crippen LogP contribution in [0.4, 0.5) is 5.69 Å². The molecule has 0 aromatic heterocycles. The van der Waals surface area contributed by atoms with Crippen molar-refractivity contribution in [3.63, 3.8) is 0 Å². The van der Waals surface area contributed by atoms with Crippen molar-refractivity contribution in [2.45, 2.75) is 41.2 Å². The van der Waals surface area contributed by atoms with Gasteiger partial charge in [-0.15, -0.1) is 0 Å². The molecular weight excluding hydrogens is 220 g/mol. The predicted molar refractivity (Wildman–Crippen MR) is 81.0 cm³/mol. The highest BCUT2D eigenvalue weighted by molar-refractivity contribution is 5.54. The van der Waals surface area contributed by atoms with Crippen LogP contribution in [0.15, 0.2) is 18.2 Å². The number of rotatable bonds is 6. The third-order valence-electron chi connectivity index (χ3n) is 3.01. The molecule has 1 aromatic carbocycles. The van der Waals surface area contributed by atoms with E-state index in [1.807, 2.05) is 0 Å². The van der Waals surface area contributed by atoms with Gasteiger partial charge in [-0.25, -0.2) is 0 Å². The smallest absolute Gasteiger partial charge is 0.0396 e. The highest BCUT2D eigenvalue weighted by atomic mass is 15.1. The fourth-order valence-electron chi connectivity index (χ4n) is 2.35. The Bertz CT molecular complexity index is 359. The van der Waals surface area contributed by atoms with Crippen molar-refractivity contribution in [1.29, 1.82) is 0 Å². The molecule has 0 spiro atoms. The van der Waals surface area contributed by atoms with Crippen molar-refractivity contribution in [3.8, 4) is 0 Å². The fraction of sp³-hybridized carbons (Fsp3) is 0.625. The number of hydrogen-bond donors (Lipinski definition) is 1. The second-order valence-corrected chi connectivity index (χ2v) is 6.02. The Hall–Kier alpha value is -1.02. The molecule has 0 fully saturated rings. The normalized spacial score (nSPS) is 11.3. The van der Waals surface area contributed by atoms with E-state index in [4.69, 9.17) is 5.73 Å². The Labute approximate surface area is 112 Å². The van der Waals surface area contributed by atoms with E-state index in [9.17, 15) is 0 Å². The molecule has 0 heterocycles. The summed E-state index contributed by atoms with van der Waals surface area (Å²) in [6.45, 7) is 14.1. The third kappa shape index (κ3) is 4.34. The van der Waals surface area contributed by atoms with Gasteiger partial charge in [0.1, 0.15) is 0 Å². The number of anilines is 1. The summed E-state index contributed by atoms with van der Waals surface area (Å²) in [6.07, 6.45) is 0. The fourth-order valence-corrected chi connectivity index (χ4v) is 2.35. The summed E-state index contributed by atoms with van der Waals surface area (Å²) in [6, 6.07) is 6.58. The van der Waals surface area contributed by atoms with Gasteiger partial charge in [0.25, 0.3) is 0 Å². The number of benzene rings is 1. The maximum atomic E-state index is 5.69. The molecule has 2 heteroatoms. The molecule has 1 aromatic rings. The van der Waals surface area contributed by atoms with Gasteiger partial charge in [-0.3, -0.25) is 0 Å². The van der Waals surface area contributed by atoms with Crippen LogP contribution in [0.2, 0.25) is 0 Å². The van der Waals surface area contributed by atoms with Gasteiger partial charge >= 0.3 is 0 Å². The molecule has 2 nitrogen and oxygen atoms in total. The molecule has 0 radical (unpaired) electrons. The average molecular weight is 248 g/mol. The van der Waals surface area contributed by atoms with Crippen molar-refractivity contribution in [3.05, 3.63) is 29.3 Å². The molecule has 0 amide bonds. The predicted octanol–water partition coefficient (Wildman–Crippen LogP) is 3.57. The Morgan fingerprint density at radius 1 is 1.06 bits per heavy atom. The minimum atomic E-state index is 0.621. The van der Waals surface area contributed by atoms with Gasteiger partial charge in [-0.2, -0.15) is 0 Å². The minimum absolute atomic E-state index is 0.621. The first-order valence-electron chi connectivity index (χ1n) is 6.98. The zero-order chi connectivity index (χ0) is 13.7. The third-order valence-corrected chi connectivity index (χ3v) is 3.01. The lowest BCUT2D eigenvalue weighted by Crippen LogP contribution is -2.31. The topological polar surface area (TPSA) is 29.3 Å². The largest absolute Gasteiger partial charge is 0.371 e. The van der Waals surface area contributed by atoms with E-state index in [0.29, 0.717) is 18.4 Å². The summed E-state index contributed by atoms with van der Waals surface area (Å²) in [5.41, 5.74) is 9.59. The number of nitrogens with two attached hydrogens (primary N) is 1. The van der Waals surface area contributed by atoms with E-state index in [1.165, 1.54) is 16.8 Å².